The van der Waals surface area contributed by atoms with E-state index in [1.807, 2.05) is 28.8 Å². The molecule has 3 heterocycles. The Hall–Kier alpha value is -2.40. The summed E-state index contributed by atoms with van der Waals surface area (Å²) in [7, 11) is 0. The van der Waals surface area contributed by atoms with Crippen molar-refractivity contribution in [1.29, 1.82) is 0 Å². The third-order valence-electron chi connectivity index (χ3n) is 4.15. The lowest BCUT2D eigenvalue weighted by atomic mass is 9.91. The Morgan fingerprint density at radius 1 is 1.30 bits per heavy atom. The molecule has 0 aliphatic carbocycles. The molecule has 6 heteroatoms. The van der Waals surface area contributed by atoms with Gasteiger partial charge in [0.1, 0.15) is 11.5 Å². The summed E-state index contributed by atoms with van der Waals surface area (Å²) >= 11 is 6.25. The summed E-state index contributed by atoms with van der Waals surface area (Å²) < 4.78 is 15.4. The van der Waals surface area contributed by atoms with Crippen LogP contribution in [0.1, 0.15) is 29.3 Å². The summed E-state index contributed by atoms with van der Waals surface area (Å²) in [6.45, 7) is 0.380. The van der Waals surface area contributed by atoms with E-state index >= 15 is 0 Å². The van der Waals surface area contributed by atoms with Crippen LogP contribution in [0.2, 0.25) is 5.02 Å². The maximum Gasteiger partial charge on any atom is 0.221 e. The van der Waals surface area contributed by atoms with Gasteiger partial charge < -0.3 is 9.72 Å². The van der Waals surface area contributed by atoms with Gasteiger partial charge in [0, 0.05) is 23.6 Å². The molecule has 1 aromatic carbocycles. The molecule has 23 heavy (non-hydrogen) atoms. The first kappa shape index (κ1) is 14.2. The summed E-state index contributed by atoms with van der Waals surface area (Å²) in [5, 5.41) is 3.18. The molecule has 3 aromatic rings. The Morgan fingerprint density at radius 3 is 3.00 bits per heavy atom. The second kappa shape index (κ2) is 5.35. The maximum atomic E-state index is 13.4. The van der Waals surface area contributed by atoms with Crippen molar-refractivity contribution in [2.45, 2.75) is 18.9 Å². The minimum Gasteiger partial charge on any atom is -0.350 e. The second-order valence-corrected chi connectivity index (χ2v) is 5.98. The van der Waals surface area contributed by atoms with Gasteiger partial charge in [0.05, 0.1) is 17.9 Å². The first-order valence-electron chi connectivity index (χ1n) is 7.31. The van der Waals surface area contributed by atoms with Gasteiger partial charge >= 0.3 is 0 Å². The Labute approximate surface area is 136 Å². The van der Waals surface area contributed by atoms with Gasteiger partial charge in [0.2, 0.25) is 5.91 Å². The van der Waals surface area contributed by atoms with E-state index in [0.717, 1.165) is 22.6 Å². The van der Waals surface area contributed by atoms with Crippen molar-refractivity contribution in [2.75, 3.05) is 0 Å². The van der Waals surface area contributed by atoms with Gasteiger partial charge in [-0.15, -0.1) is 0 Å². The number of nitrogens with one attached hydrogen (secondary N) is 1. The summed E-state index contributed by atoms with van der Waals surface area (Å²) in [6.07, 6.45) is 2.17. The van der Waals surface area contributed by atoms with Crippen LogP contribution in [0.3, 0.4) is 0 Å². The fraction of sp³-hybridized carbons (Fsp3) is 0.176. The number of fused-ring (bicyclic) bond motifs is 3. The smallest absolute Gasteiger partial charge is 0.221 e. The predicted octanol–water partition coefficient (Wildman–Crippen LogP) is 3.28. The monoisotopic (exact) mass is 329 g/mol. The molecule has 0 spiro atoms. The highest BCUT2D eigenvalue weighted by atomic mass is 35.5. The van der Waals surface area contributed by atoms with E-state index in [9.17, 15) is 9.18 Å². The third kappa shape index (κ3) is 2.37. The Morgan fingerprint density at radius 2 is 2.17 bits per heavy atom. The Kier molecular flexibility index (Phi) is 3.31. The molecule has 0 unspecified atom stereocenters. The first-order valence-corrected chi connectivity index (χ1v) is 7.69. The van der Waals surface area contributed by atoms with Crippen molar-refractivity contribution < 1.29 is 9.18 Å². The lowest BCUT2D eigenvalue weighted by Crippen LogP contribution is -2.21. The van der Waals surface area contributed by atoms with Crippen LogP contribution >= 0.6 is 11.6 Å². The summed E-state index contributed by atoms with van der Waals surface area (Å²) in [5.41, 5.74) is 3.29. The zero-order chi connectivity index (χ0) is 16.0. The molecule has 0 bridgehead atoms. The molecule has 116 valence electrons. The Balaban J connectivity index is 1.96. The number of benzene rings is 1. The molecule has 0 saturated heterocycles. The quantitative estimate of drug-likeness (QED) is 0.744. The van der Waals surface area contributed by atoms with Crippen molar-refractivity contribution in [3.63, 3.8) is 0 Å². The van der Waals surface area contributed by atoms with Gasteiger partial charge in [-0.3, -0.25) is 4.79 Å². The number of rotatable bonds is 1. The van der Waals surface area contributed by atoms with Gasteiger partial charge in [0.15, 0.2) is 0 Å². The van der Waals surface area contributed by atoms with Crippen LogP contribution in [0.15, 0.2) is 42.6 Å². The Bertz CT molecular complexity index is 921. The topological polar surface area (TPSA) is 46.4 Å². The largest absolute Gasteiger partial charge is 0.350 e. The number of amides is 1. The van der Waals surface area contributed by atoms with Crippen molar-refractivity contribution in [3.05, 3.63) is 70.4 Å². The zero-order valence-corrected chi connectivity index (χ0v) is 12.8. The number of aromatic nitrogens is 2. The standard InChI is InChI=1S/C17H13ClFN3O/c18-13-7-10(19)4-5-11(13)12-8-16(23)20-9-14-17(12)22-6-2-1-3-15(22)21-14/h1-7,12H,8-9H2,(H,20,23)/t12-/m0/s1. The molecule has 0 fully saturated rings. The fourth-order valence-corrected chi connectivity index (χ4v) is 3.44. The normalized spacial score (nSPS) is 17.7. The second-order valence-electron chi connectivity index (χ2n) is 5.57. The highest BCUT2D eigenvalue weighted by Gasteiger charge is 2.30. The fourth-order valence-electron chi connectivity index (χ4n) is 3.14. The van der Waals surface area contributed by atoms with Crippen LogP contribution in [0.25, 0.3) is 5.65 Å². The van der Waals surface area contributed by atoms with E-state index in [2.05, 4.69) is 10.3 Å². The highest BCUT2D eigenvalue weighted by Crippen LogP contribution is 2.36. The number of hydrogen-bond donors (Lipinski definition) is 1. The van der Waals surface area contributed by atoms with Gasteiger partial charge in [-0.1, -0.05) is 23.7 Å². The van der Waals surface area contributed by atoms with Crippen molar-refractivity contribution in [1.82, 2.24) is 14.7 Å². The van der Waals surface area contributed by atoms with Crippen molar-refractivity contribution in [3.8, 4) is 0 Å². The minimum absolute atomic E-state index is 0.0712. The molecule has 1 aliphatic rings. The van der Waals surface area contributed by atoms with Crippen molar-refractivity contribution >= 4 is 23.2 Å². The van der Waals surface area contributed by atoms with Crippen LogP contribution in [-0.2, 0) is 11.3 Å². The van der Waals surface area contributed by atoms with Crippen molar-refractivity contribution in [2.24, 2.45) is 0 Å². The van der Waals surface area contributed by atoms with Crippen LogP contribution < -0.4 is 5.32 Å². The molecule has 1 N–H and O–H groups in total. The van der Waals surface area contributed by atoms with Gasteiger partial charge in [0.25, 0.3) is 0 Å². The molecule has 2 aromatic heterocycles. The zero-order valence-electron chi connectivity index (χ0n) is 12.1. The molecule has 1 aliphatic heterocycles. The summed E-state index contributed by atoms with van der Waals surface area (Å²) in [5.74, 6) is -0.730. The number of pyridine rings is 1. The lowest BCUT2D eigenvalue weighted by molar-refractivity contribution is -0.121. The maximum absolute atomic E-state index is 13.4. The molecule has 4 rings (SSSR count). The van der Waals surface area contributed by atoms with E-state index in [4.69, 9.17) is 11.6 Å². The first-order chi connectivity index (χ1) is 11.1. The van der Waals surface area contributed by atoms with Crippen LogP contribution in [0.5, 0.6) is 0 Å². The van der Waals surface area contributed by atoms with Gasteiger partial charge in [-0.2, -0.15) is 0 Å². The van der Waals surface area contributed by atoms with E-state index in [-0.39, 0.29) is 18.2 Å². The van der Waals surface area contributed by atoms with Gasteiger partial charge in [-0.05, 0) is 29.8 Å². The SMILES string of the molecule is O=C1C[C@@H](c2ccc(F)cc2Cl)c2c(nc3ccccn23)CN1. The third-order valence-corrected chi connectivity index (χ3v) is 4.48. The predicted molar refractivity (Wildman–Crippen MR) is 84.9 cm³/mol. The molecule has 1 atom stereocenters. The molecular weight excluding hydrogens is 317 g/mol. The van der Waals surface area contributed by atoms with E-state index in [0.29, 0.717) is 11.6 Å². The average molecular weight is 330 g/mol. The number of carbonyl (C=O) groups excluding carboxylic acids is 1. The van der Waals surface area contributed by atoms with Gasteiger partial charge in [-0.25, -0.2) is 9.37 Å². The lowest BCUT2D eigenvalue weighted by Gasteiger charge is -2.17. The summed E-state index contributed by atoms with van der Waals surface area (Å²) in [4.78, 5) is 16.7. The summed E-state index contributed by atoms with van der Waals surface area (Å²) in [6, 6.07) is 10.0. The van der Waals surface area contributed by atoms with E-state index < -0.39 is 5.82 Å². The molecule has 4 nitrogen and oxygen atoms in total. The van der Waals surface area contributed by atoms with Crippen LogP contribution in [-0.4, -0.2) is 15.3 Å². The highest BCUT2D eigenvalue weighted by molar-refractivity contribution is 6.31. The van der Waals surface area contributed by atoms with Crippen LogP contribution in [0.4, 0.5) is 4.39 Å². The number of carbonyl (C=O) groups is 1. The van der Waals surface area contributed by atoms with E-state index in [1.54, 1.807) is 6.07 Å². The molecule has 1 amide bonds. The molecular formula is C17H13ClFN3O. The molecule has 0 saturated carbocycles. The number of nitrogens with zero attached hydrogens (tertiary/aromatic N) is 2. The molecule has 0 radical (unpaired) electrons. The average Bonchev–Trinajstić information content (AvgIpc) is 2.81. The minimum atomic E-state index is -0.393. The number of imidazole rings is 1. The van der Waals surface area contributed by atoms with Crippen LogP contribution in [0, 0.1) is 5.82 Å². The number of hydrogen-bond acceptors (Lipinski definition) is 2. The number of halogens is 2. The van der Waals surface area contributed by atoms with E-state index in [1.165, 1.54) is 12.1 Å².